The van der Waals surface area contributed by atoms with Gasteiger partial charge >= 0.3 is 0 Å². The Bertz CT molecular complexity index is 744. The molecule has 25 heavy (non-hydrogen) atoms. The Labute approximate surface area is 147 Å². The summed E-state index contributed by atoms with van der Waals surface area (Å²) in [7, 11) is 0. The molecule has 0 aromatic heterocycles. The summed E-state index contributed by atoms with van der Waals surface area (Å²) in [5, 5.41) is 10.3. The summed E-state index contributed by atoms with van der Waals surface area (Å²) in [6.07, 6.45) is 2.28. The number of phenols is 1. The minimum Gasteiger partial charge on any atom is -0.507 e. The van der Waals surface area contributed by atoms with E-state index in [1.165, 1.54) is 5.56 Å². The quantitative estimate of drug-likeness (QED) is 0.895. The Morgan fingerprint density at radius 1 is 1.16 bits per heavy atom. The molecule has 1 N–H and O–H groups in total. The van der Waals surface area contributed by atoms with Gasteiger partial charge in [0, 0.05) is 24.2 Å². The molecule has 0 aliphatic carbocycles. The van der Waals surface area contributed by atoms with Crippen molar-refractivity contribution in [2.75, 3.05) is 19.9 Å². The van der Waals surface area contributed by atoms with Gasteiger partial charge in [0.2, 0.25) is 6.79 Å². The van der Waals surface area contributed by atoms with Crippen molar-refractivity contribution < 1.29 is 19.3 Å². The summed E-state index contributed by atoms with van der Waals surface area (Å²) < 4.78 is 16.3. The number of hydrogen-bond acceptors (Lipinski definition) is 5. The van der Waals surface area contributed by atoms with Crippen molar-refractivity contribution >= 4 is 0 Å². The Kier molecular flexibility index (Phi) is 4.40. The summed E-state index contributed by atoms with van der Waals surface area (Å²) in [5.41, 5.74) is 2.17. The molecule has 0 bridgehead atoms. The lowest BCUT2D eigenvalue weighted by atomic mass is 10.0. The summed E-state index contributed by atoms with van der Waals surface area (Å²) in [6.45, 7) is 4.60. The van der Waals surface area contributed by atoms with E-state index in [1.807, 2.05) is 25.1 Å². The number of fused-ring (bicyclic) bond motifs is 1. The zero-order valence-corrected chi connectivity index (χ0v) is 14.4. The van der Waals surface area contributed by atoms with Crippen molar-refractivity contribution in [3.63, 3.8) is 0 Å². The van der Waals surface area contributed by atoms with Gasteiger partial charge in [-0.25, -0.2) is 0 Å². The number of likely N-dealkylation sites (tertiary alicyclic amines) is 1. The van der Waals surface area contributed by atoms with Gasteiger partial charge < -0.3 is 19.3 Å². The van der Waals surface area contributed by atoms with E-state index in [9.17, 15) is 5.11 Å². The fraction of sp³-hybridized carbons (Fsp3) is 0.400. The predicted molar refractivity (Wildman–Crippen MR) is 94.2 cm³/mol. The van der Waals surface area contributed by atoms with Crippen molar-refractivity contribution in [1.29, 1.82) is 0 Å². The zero-order valence-electron chi connectivity index (χ0n) is 14.4. The average Bonchev–Trinajstić information content (AvgIpc) is 3.25. The maximum atomic E-state index is 10.3. The molecule has 2 aliphatic rings. The van der Waals surface area contributed by atoms with Gasteiger partial charge in [0.25, 0.3) is 0 Å². The predicted octanol–water partition coefficient (Wildman–Crippen LogP) is 3.86. The van der Waals surface area contributed by atoms with Gasteiger partial charge in [-0.1, -0.05) is 12.1 Å². The molecule has 132 valence electrons. The summed E-state index contributed by atoms with van der Waals surface area (Å²) in [4.78, 5) is 2.41. The third-order valence-corrected chi connectivity index (χ3v) is 4.89. The van der Waals surface area contributed by atoms with Crippen LogP contribution in [-0.4, -0.2) is 30.0 Å². The highest BCUT2D eigenvalue weighted by molar-refractivity contribution is 5.51. The summed E-state index contributed by atoms with van der Waals surface area (Å²) >= 11 is 0. The fourth-order valence-electron chi connectivity index (χ4n) is 3.66. The Morgan fingerprint density at radius 3 is 2.68 bits per heavy atom. The molecule has 2 heterocycles. The van der Waals surface area contributed by atoms with Crippen LogP contribution in [0.3, 0.4) is 0 Å². The molecule has 5 nitrogen and oxygen atoms in total. The van der Waals surface area contributed by atoms with Crippen LogP contribution in [0.15, 0.2) is 36.4 Å². The first-order chi connectivity index (χ1) is 12.2. The second-order valence-electron chi connectivity index (χ2n) is 6.46. The number of ether oxygens (including phenoxy) is 3. The lowest BCUT2D eigenvalue weighted by Gasteiger charge is -2.25. The van der Waals surface area contributed by atoms with Crippen LogP contribution in [0.5, 0.6) is 23.0 Å². The average molecular weight is 341 g/mol. The Morgan fingerprint density at radius 2 is 1.92 bits per heavy atom. The van der Waals surface area contributed by atoms with Gasteiger partial charge in [0.05, 0.1) is 6.61 Å². The monoisotopic (exact) mass is 341 g/mol. The normalized spacial score (nSPS) is 19.3. The lowest BCUT2D eigenvalue weighted by molar-refractivity contribution is 0.173. The molecule has 2 aliphatic heterocycles. The minimum absolute atomic E-state index is 0.219. The SMILES string of the molecule is CCOc1ccc(C2CCCN2Cc2cc3c(cc2O)OCO3)cc1. The first-order valence-corrected chi connectivity index (χ1v) is 8.83. The minimum atomic E-state index is 0.219. The van der Waals surface area contributed by atoms with Crippen LogP contribution in [-0.2, 0) is 6.54 Å². The molecule has 1 atom stereocenters. The largest absolute Gasteiger partial charge is 0.507 e. The second-order valence-corrected chi connectivity index (χ2v) is 6.46. The number of phenolic OH excluding ortho intramolecular Hbond substituents is 1. The topological polar surface area (TPSA) is 51.2 Å². The number of rotatable bonds is 5. The van der Waals surface area contributed by atoms with Crippen molar-refractivity contribution in [1.82, 2.24) is 4.90 Å². The van der Waals surface area contributed by atoms with Gasteiger partial charge in [-0.2, -0.15) is 0 Å². The highest BCUT2D eigenvalue weighted by Crippen LogP contribution is 2.40. The molecular formula is C20H23NO4. The number of hydrogen-bond donors (Lipinski definition) is 1. The molecule has 0 radical (unpaired) electrons. The standard InChI is InChI=1S/C20H23NO4/c1-2-23-16-7-5-14(6-8-16)17-4-3-9-21(17)12-15-10-19-20(11-18(15)22)25-13-24-19/h5-8,10-11,17,22H,2-4,9,12-13H2,1H3. The van der Waals surface area contributed by atoms with Gasteiger partial charge in [-0.15, -0.1) is 0 Å². The van der Waals surface area contributed by atoms with Crippen LogP contribution >= 0.6 is 0 Å². The fourth-order valence-corrected chi connectivity index (χ4v) is 3.66. The molecule has 2 aromatic carbocycles. The van der Waals surface area contributed by atoms with E-state index in [2.05, 4.69) is 17.0 Å². The molecule has 1 unspecified atom stereocenters. The molecule has 5 heteroatoms. The highest BCUT2D eigenvalue weighted by atomic mass is 16.7. The molecule has 1 saturated heterocycles. The van der Waals surface area contributed by atoms with Gasteiger partial charge in [-0.05, 0) is 50.1 Å². The van der Waals surface area contributed by atoms with E-state index in [0.29, 0.717) is 30.7 Å². The van der Waals surface area contributed by atoms with Crippen molar-refractivity contribution in [3.05, 3.63) is 47.5 Å². The van der Waals surface area contributed by atoms with Crippen LogP contribution in [0.4, 0.5) is 0 Å². The van der Waals surface area contributed by atoms with Crippen molar-refractivity contribution in [2.24, 2.45) is 0 Å². The zero-order chi connectivity index (χ0) is 17.2. The van der Waals surface area contributed by atoms with E-state index >= 15 is 0 Å². The van der Waals surface area contributed by atoms with E-state index in [0.717, 1.165) is 30.7 Å². The molecule has 4 rings (SSSR count). The van der Waals surface area contributed by atoms with E-state index in [1.54, 1.807) is 6.07 Å². The maximum Gasteiger partial charge on any atom is 0.231 e. The van der Waals surface area contributed by atoms with E-state index in [-0.39, 0.29) is 12.5 Å². The number of benzene rings is 2. The van der Waals surface area contributed by atoms with E-state index < -0.39 is 0 Å². The molecule has 0 spiro atoms. The number of nitrogens with zero attached hydrogens (tertiary/aromatic N) is 1. The summed E-state index contributed by atoms with van der Waals surface area (Å²) in [6, 6.07) is 12.3. The van der Waals surface area contributed by atoms with Crippen LogP contribution in [0.2, 0.25) is 0 Å². The second kappa shape index (κ2) is 6.84. The van der Waals surface area contributed by atoms with Crippen LogP contribution in [0.1, 0.15) is 36.9 Å². The Hall–Kier alpha value is -2.40. The van der Waals surface area contributed by atoms with Gasteiger partial charge in [-0.3, -0.25) is 4.90 Å². The van der Waals surface area contributed by atoms with Crippen LogP contribution in [0, 0.1) is 0 Å². The first kappa shape index (κ1) is 16.1. The molecule has 1 fully saturated rings. The third kappa shape index (κ3) is 3.24. The van der Waals surface area contributed by atoms with Gasteiger partial charge in [0.1, 0.15) is 11.5 Å². The lowest BCUT2D eigenvalue weighted by Crippen LogP contribution is -2.22. The van der Waals surface area contributed by atoms with Crippen LogP contribution in [0.25, 0.3) is 0 Å². The highest BCUT2D eigenvalue weighted by Gasteiger charge is 2.27. The Balaban J connectivity index is 1.52. The third-order valence-electron chi connectivity index (χ3n) is 4.89. The first-order valence-electron chi connectivity index (χ1n) is 8.83. The number of aromatic hydroxyl groups is 1. The molecule has 0 saturated carbocycles. The summed E-state index contributed by atoms with van der Waals surface area (Å²) in [5.74, 6) is 2.50. The van der Waals surface area contributed by atoms with Crippen molar-refractivity contribution in [2.45, 2.75) is 32.4 Å². The smallest absolute Gasteiger partial charge is 0.231 e. The van der Waals surface area contributed by atoms with Crippen LogP contribution < -0.4 is 14.2 Å². The molecule has 2 aromatic rings. The maximum absolute atomic E-state index is 10.3. The van der Waals surface area contributed by atoms with Crippen molar-refractivity contribution in [3.8, 4) is 23.0 Å². The van der Waals surface area contributed by atoms with E-state index in [4.69, 9.17) is 14.2 Å². The molecule has 0 amide bonds. The molecular weight excluding hydrogens is 318 g/mol. The van der Waals surface area contributed by atoms with Gasteiger partial charge in [0.15, 0.2) is 11.5 Å².